The maximum atomic E-state index is 12.5. The minimum atomic E-state index is -0.0600. The molecule has 0 bridgehead atoms. The first-order chi connectivity index (χ1) is 9.15. The van der Waals surface area contributed by atoms with Gasteiger partial charge >= 0.3 is 0 Å². The smallest absolute Gasteiger partial charge is 0.239 e. The topological polar surface area (TPSA) is 58.8 Å². The molecule has 0 spiro atoms. The van der Waals surface area contributed by atoms with E-state index in [4.69, 9.17) is 10.5 Å². The van der Waals surface area contributed by atoms with Crippen LogP contribution in [-0.4, -0.2) is 67.7 Å². The van der Waals surface area contributed by atoms with Gasteiger partial charge in [0.1, 0.15) is 0 Å². The van der Waals surface area contributed by atoms with Gasteiger partial charge in [0.25, 0.3) is 0 Å². The predicted molar refractivity (Wildman–Crippen MR) is 74.8 cm³/mol. The summed E-state index contributed by atoms with van der Waals surface area (Å²) in [5.41, 5.74) is 5.84. The average molecular weight is 269 g/mol. The number of nitrogens with zero attached hydrogens (tertiary/aromatic N) is 2. The molecule has 3 atom stereocenters. The van der Waals surface area contributed by atoms with E-state index in [-0.39, 0.29) is 11.9 Å². The van der Waals surface area contributed by atoms with Crippen LogP contribution in [0, 0.1) is 5.92 Å². The summed E-state index contributed by atoms with van der Waals surface area (Å²) in [5.74, 6) is 0.776. The lowest BCUT2D eigenvalue weighted by Gasteiger charge is -2.37. The zero-order valence-electron chi connectivity index (χ0n) is 12.2. The molecule has 5 heteroatoms. The van der Waals surface area contributed by atoms with Gasteiger partial charge in [0.05, 0.1) is 19.3 Å². The van der Waals surface area contributed by atoms with Crippen molar-refractivity contribution in [1.29, 1.82) is 0 Å². The Hall–Kier alpha value is -0.650. The van der Waals surface area contributed by atoms with Gasteiger partial charge in [-0.05, 0) is 39.3 Å². The standard InChI is InChI=1S/C14H27N3O2/c1-11(14(18)17-6-8-19-9-7-17)16(2)13-5-3-4-12(13)10-15/h11-13H,3-10,15H2,1-2H3. The maximum absolute atomic E-state index is 12.5. The Labute approximate surface area is 116 Å². The zero-order chi connectivity index (χ0) is 13.8. The lowest BCUT2D eigenvalue weighted by molar-refractivity contribution is -0.141. The van der Waals surface area contributed by atoms with Crippen molar-refractivity contribution in [3.8, 4) is 0 Å². The summed E-state index contributed by atoms with van der Waals surface area (Å²) in [7, 11) is 2.07. The fraction of sp³-hybridized carbons (Fsp3) is 0.929. The van der Waals surface area contributed by atoms with Crippen molar-refractivity contribution in [3.63, 3.8) is 0 Å². The fourth-order valence-electron chi connectivity index (χ4n) is 3.34. The Balaban J connectivity index is 1.93. The minimum Gasteiger partial charge on any atom is -0.378 e. The predicted octanol–water partition coefficient (Wildman–Crippen LogP) is 0.293. The molecule has 0 radical (unpaired) electrons. The van der Waals surface area contributed by atoms with Crippen LogP contribution in [-0.2, 0) is 9.53 Å². The number of morpholine rings is 1. The molecular formula is C14H27N3O2. The molecule has 2 rings (SSSR count). The number of hydrogen-bond acceptors (Lipinski definition) is 4. The second-order valence-electron chi connectivity index (χ2n) is 5.77. The van der Waals surface area contributed by atoms with E-state index in [2.05, 4.69) is 11.9 Å². The lowest BCUT2D eigenvalue weighted by atomic mass is 10.0. The zero-order valence-corrected chi connectivity index (χ0v) is 12.2. The van der Waals surface area contributed by atoms with Crippen molar-refractivity contribution < 1.29 is 9.53 Å². The molecule has 1 aliphatic heterocycles. The summed E-state index contributed by atoms with van der Waals surface area (Å²) in [4.78, 5) is 16.7. The van der Waals surface area contributed by atoms with Crippen molar-refractivity contribution in [3.05, 3.63) is 0 Å². The molecule has 0 aromatic carbocycles. The highest BCUT2D eigenvalue weighted by molar-refractivity contribution is 5.81. The molecular weight excluding hydrogens is 242 g/mol. The number of rotatable bonds is 4. The molecule has 2 N–H and O–H groups in total. The van der Waals surface area contributed by atoms with Crippen LogP contribution in [0.4, 0.5) is 0 Å². The Morgan fingerprint density at radius 2 is 2.11 bits per heavy atom. The van der Waals surface area contributed by atoms with Gasteiger partial charge in [-0.1, -0.05) is 6.42 Å². The molecule has 0 aromatic heterocycles. The average Bonchev–Trinajstić information content (AvgIpc) is 2.94. The van der Waals surface area contributed by atoms with E-state index in [1.165, 1.54) is 19.3 Å². The van der Waals surface area contributed by atoms with Crippen molar-refractivity contribution >= 4 is 5.91 Å². The minimum absolute atomic E-state index is 0.0600. The maximum Gasteiger partial charge on any atom is 0.239 e. The van der Waals surface area contributed by atoms with Crippen LogP contribution in [0.3, 0.4) is 0 Å². The summed E-state index contributed by atoms with van der Waals surface area (Å²) >= 11 is 0. The largest absolute Gasteiger partial charge is 0.378 e. The molecule has 1 heterocycles. The molecule has 0 aromatic rings. The SMILES string of the molecule is CC(C(=O)N1CCOCC1)N(C)C1CCCC1CN. The summed E-state index contributed by atoms with van der Waals surface area (Å²) < 4.78 is 5.30. The third-order valence-electron chi connectivity index (χ3n) is 4.74. The second-order valence-corrected chi connectivity index (χ2v) is 5.77. The highest BCUT2D eigenvalue weighted by Crippen LogP contribution is 2.29. The molecule has 5 nitrogen and oxygen atoms in total. The van der Waals surface area contributed by atoms with Gasteiger partial charge in [0.2, 0.25) is 5.91 Å². The van der Waals surface area contributed by atoms with Crippen LogP contribution in [0.15, 0.2) is 0 Å². The van der Waals surface area contributed by atoms with Crippen LogP contribution in [0.1, 0.15) is 26.2 Å². The molecule has 3 unspecified atom stereocenters. The van der Waals surface area contributed by atoms with Gasteiger partial charge in [-0.2, -0.15) is 0 Å². The van der Waals surface area contributed by atoms with Gasteiger partial charge in [0, 0.05) is 19.1 Å². The van der Waals surface area contributed by atoms with E-state index in [0.29, 0.717) is 25.2 Å². The lowest BCUT2D eigenvalue weighted by Crippen LogP contribution is -2.53. The van der Waals surface area contributed by atoms with Gasteiger partial charge in [-0.25, -0.2) is 0 Å². The van der Waals surface area contributed by atoms with Gasteiger partial charge in [0.15, 0.2) is 0 Å². The number of amides is 1. The van der Waals surface area contributed by atoms with E-state index in [9.17, 15) is 4.79 Å². The summed E-state index contributed by atoms with van der Waals surface area (Å²) in [6, 6.07) is 0.403. The molecule has 2 aliphatic rings. The van der Waals surface area contributed by atoms with E-state index >= 15 is 0 Å². The summed E-state index contributed by atoms with van der Waals surface area (Å²) in [6.07, 6.45) is 3.60. The van der Waals surface area contributed by atoms with Crippen molar-refractivity contribution in [1.82, 2.24) is 9.80 Å². The molecule has 110 valence electrons. The molecule has 1 saturated heterocycles. The van der Waals surface area contributed by atoms with Crippen LogP contribution in [0.25, 0.3) is 0 Å². The van der Waals surface area contributed by atoms with Crippen molar-refractivity contribution in [2.75, 3.05) is 39.9 Å². The van der Waals surface area contributed by atoms with Crippen LogP contribution in [0.2, 0.25) is 0 Å². The number of carbonyl (C=O) groups is 1. The number of hydrogen-bond donors (Lipinski definition) is 1. The highest BCUT2D eigenvalue weighted by atomic mass is 16.5. The molecule has 1 aliphatic carbocycles. The first-order valence-corrected chi connectivity index (χ1v) is 7.43. The fourth-order valence-corrected chi connectivity index (χ4v) is 3.34. The quantitative estimate of drug-likeness (QED) is 0.797. The second kappa shape index (κ2) is 6.68. The monoisotopic (exact) mass is 269 g/mol. The highest BCUT2D eigenvalue weighted by Gasteiger charge is 2.35. The van der Waals surface area contributed by atoms with Crippen LogP contribution < -0.4 is 5.73 Å². The first-order valence-electron chi connectivity index (χ1n) is 7.43. The Morgan fingerprint density at radius 3 is 2.74 bits per heavy atom. The van der Waals surface area contributed by atoms with Gasteiger partial charge < -0.3 is 15.4 Å². The Morgan fingerprint density at radius 1 is 1.42 bits per heavy atom. The van der Waals surface area contributed by atoms with Crippen molar-refractivity contribution in [2.24, 2.45) is 11.7 Å². The third kappa shape index (κ3) is 3.27. The summed E-state index contributed by atoms with van der Waals surface area (Å²) in [6.45, 7) is 5.52. The van der Waals surface area contributed by atoms with Gasteiger partial charge in [-0.15, -0.1) is 0 Å². The van der Waals surface area contributed by atoms with Gasteiger partial charge in [-0.3, -0.25) is 9.69 Å². The molecule has 19 heavy (non-hydrogen) atoms. The van der Waals surface area contributed by atoms with Crippen LogP contribution in [0.5, 0.6) is 0 Å². The normalized spacial score (nSPS) is 29.8. The van der Waals surface area contributed by atoms with Crippen molar-refractivity contribution in [2.45, 2.75) is 38.3 Å². The number of likely N-dealkylation sites (N-methyl/N-ethyl adjacent to an activating group) is 1. The molecule has 1 saturated carbocycles. The third-order valence-corrected chi connectivity index (χ3v) is 4.74. The van der Waals surface area contributed by atoms with Crippen LogP contribution >= 0.6 is 0 Å². The first kappa shape index (κ1) is 14.8. The van der Waals surface area contributed by atoms with E-state index in [1.54, 1.807) is 0 Å². The Bertz CT molecular complexity index is 305. The molecule has 1 amide bonds. The number of ether oxygens (including phenoxy) is 1. The summed E-state index contributed by atoms with van der Waals surface area (Å²) in [5, 5.41) is 0. The number of carbonyl (C=O) groups excluding carboxylic acids is 1. The Kier molecular flexibility index (Phi) is 5.19. The van der Waals surface area contributed by atoms with E-state index in [0.717, 1.165) is 19.6 Å². The van der Waals surface area contributed by atoms with E-state index in [1.807, 2.05) is 11.8 Å². The number of nitrogens with two attached hydrogens (primary N) is 1. The molecule has 2 fully saturated rings. The van der Waals surface area contributed by atoms with E-state index < -0.39 is 0 Å².